The molecule has 136 valence electrons. The Morgan fingerprint density at radius 3 is 2.75 bits per heavy atom. The Labute approximate surface area is 162 Å². The van der Waals surface area contributed by atoms with E-state index in [0.717, 1.165) is 44.4 Å². The molecule has 1 atom stereocenters. The van der Waals surface area contributed by atoms with Crippen molar-refractivity contribution in [2.24, 2.45) is 10.9 Å². The lowest BCUT2D eigenvalue weighted by Crippen LogP contribution is -2.41. The highest BCUT2D eigenvalue weighted by Crippen LogP contribution is 2.13. The Bertz CT molecular complexity index is 488. The molecule has 1 fully saturated rings. The number of hydrogen-bond acceptors (Lipinski definition) is 3. The van der Waals surface area contributed by atoms with Gasteiger partial charge in [-0.2, -0.15) is 0 Å². The Morgan fingerprint density at radius 1 is 1.38 bits per heavy atom. The second-order valence-corrected chi connectivity index (χ2v) is 6.01. The van der Waals surface area contributed by atoms with Crippen molar-refractivity contribution < 1.29 is 9.47 Å². The van der Waals surface area contributed by atoms with Gasteiger partial charge >= 0.3 is 0 Å². The summed E-state index contributed by atoms with van der Waals surface area (Å²) in [6, 6.07) is 8.10. The SMILES string of the molecule is CCNC(=NCCOc1ccc(C)cc1)N(C)CC1CCOC1.I. The van der Waals surface area contributed by atoms with Crippen molar-refractivity contribution >= 4 is 29.9 Å². The minimum atomic E-state index is 0. The lowest BCUT2D eigenvalue weighted by Gasteiger charge is -2.24. The highest BCUT2D eigenvalue weighted by atomic mass is 127. The minimum Gasteiger partial charge on any atom is -0.492 e. The van der Waals surface area contributed by atoms with Gasteiger partial charge in [-0.1, -0.05) is 17.7 Å². The van der Waals surface area contributed by atoms with E-state index in [-0.39, 0.29) is 24.0 Å². The molecule has 24 heavy (non-hydrogen) atoms. The average molecular weight is 447 g/mol. The highest BCUT2D eigenvalue weighted by molar-refractivity contribution is 14.0. The van der Waals surface area contributed by atoms with E-state index in [1.165, 1.54) is 5.56 Å². The number of nitrogens with zero attached hydrogens (tertiary/aromatic N) is 2. The molecule has 2 rings (SSSR count). The summed E-state index contributed by atoms with van der Waals surface area (Å²) in [5, 5.41) is 3.34. The van der Waals surface area contributed by atoms with Crippen LogP contribution in [0.1, 0.15) is 18.9 Å². The smallest absolute Gasteiger partial charge is 0.193 e. The van der Waals surface area contributed by atoms with Gasteiger partial charge in [0, 0.05) is 32.7 Å². The van der Waals surface area contributed by atoms with Crippen molar-refractivity contribution in [2.45, 2.75) is 20.3 Å². The first-order valence-corrected chi connectivity index (χ1v) is 8.45. The summed E-state index contributed by atoms with van der Waals surface area (Å²) >= 11 is 0. The van der Waals surface area contributed by atoms with E-state index < -0.39 is 0 Å². The topological polar surface area (TPSA) is 46.1 Å². The van der Waals surface area contributed by atoms with Crippen LogP contribution in [0.15, 0.2) is 29.3 Å². The fourth-order valence-electron chi connectivity index (χ4n) is 2.62. The van der Waals surface area contributed by atoms with E-state index in [1.54, 1.807) is 0 Å². The van der Waals surface area contributed by atoms with Crippen molar-refractivity contribution in [3.8, 4) is 5.75 Å². The number of guanidine groups is 1. The fourth-order valence-corrected chi connectivity index (χ4v) is 2.62. The molecule has 1 aromatic rings. The molecule has 0 bridgehead atoms. The number of nitrogens with one attached hydrogen (secondary N) is 1. The number of halogens is 1. The summed E-state index contributed by atoms with van der Waals surface area (Å²) in [4.78, 5) is 6.84. The number of rotatable bonds is 7. The zero-order chi connectivity index (χ0) is 16.5. The number of aliphatic imine (C=N–C) groups is 1. The van der Waals surface area contributed by atoms with Crippen LogP contribution < -0.4 is 10.1 Å². The third-order valence-corrected chi connectivity index (χ3v) is 3.90. The van der Waals surface area contributed by atoms with Crippen LogP contribution in [-0.2, 0) is 4.74 Å². The Hall–Kier alpha value is -1.02. The van der Waals surface area contributed by atoms with Crippen molar-refractivity contribution in [1.29, 1.82) is 0 Å². The van der Waals surface area contributed by atoms with Gasteiger partial charge in [0.25, 0.3) is 0 Å². The van der Waals surface area contributed by atoms with E-state index >= 15 is 0 Å². The van der Waals surface area contributed by atoms with E-state index in [0.29, 0.717) is 19.1 Å². The first kappa shape index (κ1) is 21.0. The first-order valence-electron chi connectivity index (χ1n) is 8.45. The normalized spacial score (nSPS) is 17.3. The molecule has 1 heterocycles. The van der Waals surface area contributed by atoms with Gasteiger partial charge in [-0.05, 0) is 32.4 Å². The maximum Gasteiger partial charge on any atom is 0.193 e. The first-order chi connectivity index (χ1) is 11.2. The summed E-state index contributed by atoms with van der Waals surface area (Å²) in [5.41, 5.74) is 1.24. The molecule has 0 aliphatic carbocycles. The average Bonchev–Trinajstić information content (AvgIpc) is 3.05. The summed E-state index contributed by atoms with van der Waals surface area (Å²) < 4.78 is 11.2. The molecule has 5 nitrogen and oxygen atoms in total. The van der Waals surface area contributed by atoms with Crippen LogP contribution in [0.2, 0.25) is 0 Å². The number of ether oxygens (including phenoxy) is 2. The molecule has 6 heteroatoms. The van der Waals surface area contributed by atoms with Gasteiger partial charge in [-0.25, -0.2) is 4.99 Å². The Kier molecular flexibility index (Phi) is 10.1. The van der Waals surface area contributed by atoms with Crippen molar-refractivity contribution in [1.82, 2.24) is 10.2 Å². The number of benzene rings is 1. The molecule has 1 aliphatic rings. The highest BCUT2D eigenvalue weighted by Gasteiger charge is 2.18. The van der Waals surface area contributed by atoms with Crippen molar-refractivity contribution in [3.63, 3.8) is 0 Å². The van der Waals surface area contributed by atoms with Gasteiger partial charge < -0.3 is 19.7 Å². The maximum atomic E-state index is 5.73. The monoisotopic (exact) mass is 447 g/mol. The third kappa shape index (κ3) is 7.25. The van der Waals surface area contributed by atoms with Gasteiger partial charge in [0.1, 0.15) is 12.4 Å². The molecule has 1 aliphatic heterocycles. The molecule has 0 spiro atoms. The molecular formula is C18H30IN3O2. The molecule has 0 aromatic heterocycles. The van der Waals surface area contributed by atoms with Gasteiger partial charge in [0.2, 0.25) is 0 Å². The van der Waals surface area contributed by atoms with Gasteiger partial charge in [-0.3, -0.25) is 0 Å². The largest absolute Gasteiger partial charge is 0.492 e. The second kappa shape index (κ2) is 11.5. The van der Waals surface area contributed by atoms with Crippen molar-refractivity contribution in [2.75, 3.05) is 46.5 Å². The minimum absolute atomic E-state index is 0. The molecule has 1 aromatic carbocycles. The quantitative estimate of drug-likeness (QED) is 0.302. The summed E-state index contributed by atoms with van der Waals surface area (Å²) in [6.07, 6.45) is 1.14. The predicted octanol–water partition coefficient (Wildman–Crippen LogP) is 2.93. The van der Waals surface area contributed by atoms with E-state index in [2.05, 4.69) is 48.2 Å². The van der Waals surface area contributed by atoms with Crippen LogP contribution in [0.4, 0.5) is 0 Å². The zero-order valence-electron chi connectivity index (χ0n) is 15.0. The number of aryl methyl sites for hydroxylation is 1. The van der Waals surface area contributed by atoms with Crippen LogP contribution in [0, 0.1) is 12.8 Å². The van der Waals surface area contributed by atoms with Gasteiger partial charge in [0.05, 0.1) is 13.2 Å². The van der Waals surface area contributed by atoms with Crippen LogP contribution in [-0.4, -0.2) is 57.4 Å². The molecule has 1 unspecified atom stereocenters. The lowest BCUT2D eigenvalue weighted by molar-refractivity contribution is 0.181. The summed E-state index contributed by atoms with van der Waals surface area (Å²) in [6.45, 7) is 8.97. The van der Waals surface area contributed by atoms with Crippen LogP contribution in [0.5, 0.6) is 5.75 Å². The molecule has 0 amide bonds. The van der Waals surface area contributed by atoms with Gasteiger partial charge in [-0.15, -0.1) is 24.0 Å². The van der Waals surface area contributed by atoms with Crippen LogP contribution >= 0.6 is 24.0 Å². The molecular weight excluding hydrogens is 417 g/mol. The third-order valence-electron chi connectivity index (χ3n) is 3.90. The summed E-state index contributed by atoms with van der Waals surface area (Å²) in [5.74, 6) is 2.44. The van der Waals surface area contributed by atoms with Crippen LogP contribution in [0.25, 0.3) is 0 Å². The van der Waals surface area contributed by atoms with E-state index in [1.807, 2.05) is 12.1 Å². The molecule has 1 saturated heterocycles. The fraction of sp³-hybridized carbons (Fsp3) is 0.611. The number of hydrogen-bond donors (Lipinski definition) is 1. The maximum absolute atomic E-state index is 5.73. The van der Waals surface area contributed by atoms with Gasteiger partial charge in [0.15, 0.2) is 5.96 Å². The summed E-state index contributed by atoms with van der Waals surface area (Å²) in [7, 11) is 2.08. The molecule has 0 saturated carbocycles. The van der Waals surface area contributed by atoms with E-state index in [9.17, 15) is 0 Å². The molecule has 0 radical (unpaired) electrons. The standard InChI is InChI=1S/C18H29N3O2.HI/c1-4-19-18(21(3)13-16-9-11-22-14-16)20-10-12-23-17-7-5-15(2)6-8-17;/h5-8,16H,4,9-14H2,1-3H3,(H,19,20);1H. The predicted molar refractivity (Wildman–Crippen MR) is 110 cm³/mol. The zero-order valence-corrected chi connectivity index (χ0v) is 17.3. The lowest BCUT2D eigenvalue weighted by atomic mass is 10.1. The van der Waals surface area contributed by atoms with E-state index in [4.69, 9.17) is 9.47 Å². The van der Waals surface area contributed by atoms with Crippen LogP contribution in [0.3, 0.4) is 0 Å². The Balaban J connectivity index is 0.00000288. The second-order valence-electron chi connectivity index (χ2n) is 6.01. The molecule has 1 N–H and O–H groups in total. The van der Waals surface area contributed by atoms with Crippen molar-refractivity contribution in [3.05, 3.63) is 29.8 Å². The Morgan fingerprint density at radius 2 is 2.12 bits per heavy atom.